The van der Waals surface area contributed by atoms with E-state index >= 15 is 0 Å². The lowest BCUT2D eigenvalue weighted by molar-refractivity contribution is 0.120. The Hall–Kier alpha value is -5.67. The van der Waals surface area contributed by atoms with Gasteiger partial charge in [-0.1, -0.05) is 0 Å². The van der Waals surface area contributed by atoms with E-state index in [1.807, 2.05) is 0 Å². The highest BCUT2D eigenvalue weighted by atomic mass is 35.5. The van der Waals surface area contributed by atoms with Gasteiger partial charge in [0.05, 0.1) is 23.7 Å². The molecule has 0 spiro atoms. The van der Waals surface area contributed by atoms with Gasteiger partial charge in [0, 0.05) is 17.8 Å². The van der Waals surface area contributed by atoms with E-state index < -0.39 is 40.9 Å². The molecule has 0 aliphatic rings. The molecule has 0 atom stereocenters. The van der Waals surface area contributed by atoms with Gasteiger partial charge in [0.2, 0.25) is 34.4 Å². The average Bonchev–Trinajstić information content (AvgIpc) is 3.06. The number of azo groups is 1. The first-order chi connectivity index (χ1) is 25.8. The molecule has 10 N–H and O–H groups in total. The van der Waals surface area contributed by atoms with E-state index in [0.29, 0.717) is 0 Å². The molecular formula is C28H28Cl2N14O9S2. The molecule has 3 heterocycles. The third-order valence-electron chi connectivity index (χ3n) is 7.40. The van der Waals surface area contributed by atoms with Crippen LogP contribution in [0.25, 0.3) is 0 Å². The maximum atomic E-state index is 13.1. The second kappa shape index (κ2) is 16.0. The van der Waals surface area contributed by atoms with E-state index in [4.69, 9.17) is 34.8 Å². The molecule has 5 rings (SSSR count). The lowest BCUT2D eigenvalue weighted by atomic mass is 10.1. The highest BCUT2D eigenvalue weighted by Gasteiger charge is 2.22. The molecule has 3 aromatic heterocycles. The Balaban J connectivity index is 1.52. The van der Waals surface area contributed by atoms with E-state index in [1.165, 1.54) is 32.0 Å². The van der Waals surface area contributed by atoms with Crippen LogP contribution in [0.5, 0.6) is 5.88 Å². The molecule has 2 aromatic carbocycles. The van der Waals surface area contributed by atoms with Crippen molar-refractivity contribution in [3.05, 3.63) is 67.9 Å². The quantitative estimate of drug-likeness (QED) is 0.0472. The molecule has 290 valence electrons. The van der Waals surface area contributed by atoms with E-state index in [2.05, 4.69) is 60.9 Å². The van der Waals surface area contributed by atoms with Crippen LogP contribution in [-0.2, 0) is 38.2 Å². The van der Waals surface area contributed by atoms with Crippen molar-refractivity contribution < 1.29 is 35.9 Å². The lowest BCUT2D eigenvalue weighted by Crippen LogP contribution is -2.22. The van der Waals surface area contributed by atoms with Gasteiger partial charge in [0.25, 0.3) is 25.8 Å². The summed E-state index contributed by atoms with van der Waals surface area (Å²) in [4.78, 5) is 39.9. The molecule has 0 bridgehead atoms. The lowest BCUT2D eigenvalue weighted by Gasteiger charge is -2.15. The van der Waals surface area contributed by atoms with Crippen molar-refractivity contribution in [2.24, 2.45) is 16.1 Å². The van der Waals surface area contributed by atoms with Crippen molar-refractivity contribution in [3.63, 3.8) is 0 Å². The monoisotopic (exact) mass is 838 g/mol. The third-order valence-corrected chi connectivity index (χ3v) is 9.54. The SMILES string of the molecule is CCn1c(O)c(CON)c(C)c(N=Nc2cc(Nc3nc(Cl)nc(Nc4ccc(S(=O)(=O)O)c(Nc5nc(N)nc(Cl)n5)c4)n3)c(S(=O)(=O)O)cc2C)c1=O. The van der Waals surface area contributed by atoms with Gasteiger partial charge < -0.3 is 26.8 Å². The number of pyridine rings is 1. The maximum Gasteiger partial charge on any atom is 0.296 e. The summed E-state index contributed by atoms with van der Waals surface area (Å²) in [5.74, 6) is 3.70. The van der Waals surface area contributed by atoms with Crippen LogP contribution < -0.4 is 33.1 Å². The van der Waals surface area contributed by atoms with Gasteiger partial charge in [-0.15, -0.1) is 5.11 Å². The summed E-state index contributed by atoms with van der Waals surface area (Å²) in [5.41, 5.74) is 4.95. The number of hydrogen-bond donors (Lipinski definition) is 8. The zero-order chi connectivity index (χ0) is 40.4. The Bertz CT molecular complexity index is 2630. The van der Waals surface area contributed by atoms with E-state index in [0.717, 1.165) is 16.7 Å². The van der Waals surface area contributed by atoms with Gasteiger partial charge in [0.1, 0.15) is 9.79 Å². The molecule has 0 fully saturated rings. The first-order valence-corrected chi connectivity index (χ1v) is 18.7. The van der Waals surface area contributed by atoms with Gasteiger partial charge in [-0.3, -0.25) is 23.3 Å². The molecular weight excluding hydrogens is 811 g/mol. The first-order valence-electron chi connectivity index (χ1n) is 15.1. The molecule has 23 nitrogen and oxygen atoms in total. The smallest absolute Gasteiger partial charge is 0.296 e. The largest absolute Gasteiger partial charge is 0.494 e. The van der Waals surface area contributed by atoms with Crippen molar-refractivity contribution in [3.8, 4) is 5.88 Å². The van der Waals surface area contributed by atoms with Crippen LogP contribution in [0, 0.1) is 13.8 Å². The highest BCUT2D eigenvalue weighted by molar-refractivity contribution is 7.86. The van der Waals surface area contributed by atoms with Crippen LogP contribution >= 0.6 is 23.2 Å². The summed E-state index contributed by atoms with van der Waals surface area (Å²) in [6, 6.07) is 5.72. The Morgan fingerprint density at radius 3 is 2.00 bits per heavy atom. The van der Waals surface area contributed by atoms with Gasteiger partial charge in [-0.2, -0.15) is 51.9 Å². The van der Waals surface area contributed by atoms with Gasteiger partial charge in [-0.05, 0) is 85.4 Å². The Morgan fingerprint density at radius 1 is 0.836 bits per heavy atom. The first kappa shape index (κ1) is 40.5. The Kier molecular flexibility index (Phi) is 11.8. The van der Waals surface area contributed by atoms with Crippen LogP contribution in [-0.4, -0.2) is 65.5 Å². The summed E-state index contributed by atoms with van der Waals surface area (Å²) >= 11 is 12.0. The number of nitrogen functional groups attached to an aromatic ring is 1. The van der Waals surface area contributed by atoms with Crippen molar-refractivity contribution in [1.29, 1.82) is 0 Å². The summed E-state index contributed by atoms with van der Waals surface area (Å²) in [7, 11) is -9.67. The zero-order valence-corrected chi connectivity index (χ0v) is 31.5. The van der Waals surface area contributed by atoms with E-state index in [-0.39, 0.29) is 93.2 Å². The average molecular weight is 840 g/mol. The fourth-order valence-electron chi connectivity index (χ4n) is 4.90. The Morgan fingerprint density at radius 2 is 1.42 bits per heavy atom. The minimum absolute atomic E-state index is 0.0279. The second-order valence-electron chi connectivity index (χ2n) is 11.0. The number of hydrogen-bond acceptors (Lipinski definition) is 20. The van der Waals surface area contributed by atoms with Gasteiger partial charge in [-0.25, -0.2) is 5.90 Å². The molecule has 27 heteroatoms. The topological polar surface area (TPSA) is 350 Å². The predicted molar refractivity (Wildman–Crippen MR) is 197 cm³/mol. The number of aromatic hydroxyl groups is 1. The number of benzene rings is 2. The maximum absolute atomic E-state index is 13.1. The molecule has 0 saturated heterocycles. The van der Waals surface area contributed by atoms with Crippen LogP contribution in [0.15, 0.2) is 55.1 Å². The summed E-state index contributed by atoms with van der Waals surface area (Å²) in [5, 5.41) is 26.1. The second-order valence-corrected chi connectivity index (χ2v) is 14.5. The number of nitrogens with zero attached hydrogens (tertiary/aromatic N) is 9. The van der Waals surface area contributed by atoms with Crippen molar-refractivity contribution in [2.75, 3.05) is 21.7 Å². The number of nitrogens with one attached hydrogen (secondary N) is 3. The van der Waals surface area contributed by atoms with Crippen LogP contribution in [0.2, 0.25) is 10.6 Å². The van der Waals surface area contributed by atoms with Crippen molar-refractivity contribution >= 4 is 95.7 Å². The van der Waals surface area contributed by atoms with E-state index in [9.17, 15) is 35.8 Å². The number of aryl methyl sites for hydroxylation is 1. The summed E-state index contributed by atoms with van der Waals surface area (Å²) in [6.45, 7) is 4.42. The number of halogens is 2. The summed E-state index contributed by atoms with van der Waals surface area (Å²) in [6.07, 6.45) is 0. The minimum atomic E-state index is -4.89. The fraction of sp³-hybridized carbons (Fsp3) is 0.179. The highest BCUT2D eigenvalue weighted by Crippen LogP contribution is 2.35. The Labute approximate surface area is 320 Å². The van der Waals surface area contributed by atoms with E-state index in [1.54, 1.807) is 6.92 Å². The van der Waals surface area contributed by atoms with Crippen molar-refractivity contribution in [2.45, 2.75) is 43.7 Å². The molecule has 0 aliphatic carbocycles. The van der Waals surface area contributed by atoms with Crippen molar-refractivity contribution in [1.82, 2.24) is 34.5 Å². The molecule has 0 radical (unpaired) electrons. The standard InChI is InChI=1S/C28H28Cl2N14O9S2/c1-4-44-21(45)14(10-53-32)12(3)20(22(44)46)43-42-15-9-17(19(7-11(15)2)55(50,51)52)35-28-39-24(30)38-26(41-28)33-13-5-6-18(54(47,48)49)16(8-13)34-27-37-23(29)36-25(31)40-27/h5-9,45H,4,10,32H2,1-3H3,(H,47,48,49)(H,50,51,52)(H3,31,34,36,37,40)(H2,33,35,38,39,41). The molecule has 0 unspecified atom stereocenters. The summed E-state index contributed by atoms with van der Waals surface area (Å²) < 4.78 is 70.0. The molecule has 0 amide bonds. The predicted octanol–water partition coefficient (Wildman–Crippen LogP) is 3.98. The number of aromatic nitrogens is 7. The normalized spacial score (nSPS) is 11.9. The van der Waals surface area contributed by atoms with Crippen LogP contribution in [0.3, 0.4) is 0 Å². The van der Waals surface area contributed by atoms with Crippen LogP contribution in [0.1, 0.15) is 23.6 Å². The molecule has 0 aliphatic heterocycles. The van der Waals surface area contributed by atoms with Gasteiger partial charge in [0.15, 0.2) is 11.6 Å². The van der Waals surface area contributed by atoms with Gasteiger partial charge >= 0.3 is 0 Å². The zero-order valence-electron chi connectivity index (χ0n) is 28.3. The number of rotatable bonds is 13. The van der Waals surface area contributed by atoms with Crippen LogP contribution in [0.4, 0.5) is 52.2 Å². The minimum Gasteiger partial charge on any atom is -0.494 e. The molecule has 55 heavy (non-hydrogen) atoms. The molecule has 5 aromatic rings. The molecule has 0 saturated carbocycles. The fourth-order valence-corrected chi connectivity index (χ4v) is 6.57. The number of nitrogens with two attached hydrogens (primary N) is 2. The third kappa shape index (κ3) is 9.35. The number of anilines is 7.